The molecule has 0 bridgehead atoms. The molecule has 0 unspecified atom stereocenters. The van der Waals surface area contributed by atoms with Crippen LogP contribution >= 0.6 is 0 Å². The number of carbonyl (C=O) groups is 1. The van der Waals surface area contributed by atoms with Gasteiger partial charge in [0.05, 0.1) is 10.3 Å². The highest BCUT2D eigenvalue weighted by Gasteiger charge is 2.18. The highest BCUT2D eigenvalue weighted by molar-refractivity contribution is 6.02. The SMILES string of the molecule is CCCCCCn1nc(C(=O)OCc2ccc([N+](=O)[O-])cc2)c2ccccc2c1=O. The highest BCUT2D eigenvalue weighted by atomic mass is 16.6. The molecule has 156 valence electrons. The number of hydrogen-bond donors (Lipinski definition) is 0. The van der Waals surface area contributed by atoms with E-state index in [4.69, 9.17) is 4.74 Å². The average Bonchev–Trinajstić information content (AvgIpc) is 2.76. The van der Waals surface area contributed by atoms with E-state index in [9.17, 15) is 19.7 Å². The Bertz CT molecular complexity index is 1110. The number of fused-ring (bicyclic) bond motifs is 1. The van der Waals surface area contributed by atoms with Crippen molar-refractivity contribution in [3.05, 3.63) is 80.3 Å². The molecule has 0 aliphatic rings. The van der Waals surface area contributed by atoms with Crippen molar-refractivity contribution in [2.24, 2.45) is 0 Å². The van der Waals surface area contributed by atoms with Crippen molar-refractivity contribution >= 4 is 22.4 Å². The number of hydrogen-bond acceptors (Lipinski definition) is 6. The van der Waals surface area contributed by atoms with Gasteiger partial charge < -0.3 is 4.74 Å². The van der Waals surface area contributed by atoms with Crippen molar-refractivity contribution in [1.29, 1.82) is 0 Å². The number of unbranched alkanes of at least 4 members (excludes halogenated alkanes) is 3. The second kappa shape index (κ2) is 9.78. The Morgan fingerprint density at radius 2 is 1.77 bits per heavy atom. The van der Waals surface area contributed by atoms with Crippen LogP contribution in [0, 0.1) is 10.1 Å². The van der Waals surface area contributed by atoms with E-state index in [1.54, 1.807) is 24.3 Å². The van der Waals surface area contributed by atoms with E-state index >= 15 is 0 Å². The summed E-state index contributed by atoms with van der Waals surface area (Å²) < 4.78 is 6.71. The lowest BCUT2D eigenvalue weighted by atomic mass is 10.1. The third kappa shape index (κ3) is 4.89. The Morgan fingerprint density at radius 1 is 1.07 bits per heavy atom. The molecule has 30 heavy (non-hydrogen) atoms. The van der Waals surface area contributed by atoms with Gasteiger partial charge in [0.15, 0.2) is 5.69 Å². The molecular weight excluding hydrogens is 386 g/mol. The molecule has 0 fully saturated rings. The molecule has 8 nitrogen and oxygen atoms in total. The van der Waals surface area contributed by atoms with Crippen LogP contribution in [0.2, 0.25) is 0 Å². The minimum atomic E-state index is -0.646. The number of rotatable bonds is 9. The molecule has 0 amide bonds. The zero-order valence-corrected chi connectivity index (χ0v) is 16.7. The second-order valence-electron chi connectivity index (χ2n) is 6.98. The molecule has 0 saturated heterocycles. The molecule has 3 rings (SSSR count). The van der Waals surface area contributed by atoms with Gasteiger partial charge in [-0.25, -0.2) is 9.48 Å². The first-order chi connectivity index (χ1) is 14.5. The van der Waals surface area contributed by atoms with Crippen molar-refractivity contribution in [2.75, 3.05) is 0 Å². The first kappa shape index (κ1) is 21.2. The fourth-order valence-corrected chi connectivity index (χ4v) is 3.16. The monoisotopic (exact) mass is 409 g/mol. The van der Waals surface area contributed by atoms with Gasteiger partial charge >= 0.3 is 5.97 Å². The molecule has 1 heterocycles. The molecular formula is C22H23N3O5. The summed E-state index contributed by atoms with van der Waals surface area (Å²) in [5.74, 6) is -0.646. The second-order valence-corrected chi connectivity index (χ2v) is 6.98. The van der Waals surface area contributed by atoms with Gasteiger partial charge in [0.2, 0.25) is 0 Å². The highest BCUT2D eigenvalue weighted by Crippen LogP contribution is 2.17. The Balaban J connectivity index is 1.82. The van der Waals surface area contributed by atoms with Gasteiger partial charge in [0.1, 0.15) is 6.61 Å². The molecule has 2 aromatic carbocycles. The number of benzene rings is 2. The van der Waals surface area contributed by atoms with E-state index in [0.29, 0.717) is 22.9 Å². The molecule has 8 heteroatoms. The number of carbonyl (C=O) groups excluding carboxylic acids is 1. The Kier molecular flexibility index (Phi) is 6.90. The van der Waals surface area contributed by atoms with E-state index in [-0.39, 0.29) is 23.5 Å². The molecule has 1 aromatic heterocycles. The summed E-state index contributed by atoms with van der Waals surface area (Å²) in [7, 11) is 0. The summed E-state index contributed by atoms with van der Waals surface area (Å²) in [4.78, 5) is 35.7. The van der Waals surface area contributed by atoms with E-state index < -0.39 is 10.9 Å². The average molecular weight is 409 g/mol. The minimum Gasteiger partial charge on any atom is -0.456 e. The number of ether oxygens (including phenoxy) is 1. The van der Waals surface area contributed by atoms with Gasteiger partial charge in [0, 0.05) is 24.1 Å². The van der Waals surface area contributed by atoms with Gasteiger partial charge in [0.25, 0.3) is 11.2 Å². The van der Waals surface area contributed by atoms with Crippen molar-refractivity contribution < 1.29 is 14.5 Å². The van der Waals surface area contributed by atoms with Crippen LogP contribution < -0.4 is 5.56 Å². The van der Waals surface area contributed by atoms with E-state index in [2.05, 4.69) is 12.0 Å². The fraction of sp³-hybridized carbons (Fsp3) is 0.318. The zero-order valence-electron chi connectivity index (χ0n) is 16.7. The lowest BCUT2D eigenvalue weighted by molar-refractivity contribution is -0.384. The van der Waals surface area contributed by atoms with Crippen LogP contribution in [0.4, 0.5) is 5.69 Å². The molecule has 0 atom stereocenters. The van der Waals surface area contributed by atoms with Crippen LogP contribution in [0.15, 0.2) is 53.3 Å². The molecule has 0 N–H and O–H groups in total. The van der Waals surface area contributed by atoms with Crippen molar-refractivity contribution in [3.63, 3.8) is 0 Å². The Labute approximate surface area is 173 Å². The van der Waals surface area contributed by atoms with Gasteiger partial charge in [-0.15, -0.1) is 0 Å². The maximum absolute atomic E-state index is 12.7. The number of non-ortho nitro benzene ring substituents is 1. The third-order valence-electron chi connectivity index (χ3n) is 4.80. The molecule has 0 aliphatic heterocycles. The summed E-state index contributed by atoms with van der Waals surface area (Å²) >= 11 is 0. The lowest BCUT2D eigenvalue weighted by Gasteiger charge is -2.11. The largest absolute Gasteiger partial charge is 0.456 e. The first-order valence-corrected chi connectivity index (χ1v) is 9.91. The molecule has 3 aromatic rings. The number of aromatic nitrogens is 2. The zero-order chi connectivity index (χ0) is 21.5. The quantitative estimate of drug-likeness (QED) is 0.227. The fourth-order valence-electron chi connectivity index (χ4n) is 3.16. The predicted octanol–water partition coefficient (Wildman–Crippen LogP) is 4.24. The maximum Gasteiger partial charge on any atom is 0.359 e. The van der Waals surface area contributed by atoms with Crippen LogP contribution in [0.1, 0.15) is 48.7 Å². The van der Waals surface area contributed by atoms with Crippen LogP contribution in [0.25, 0.3) is 10.8 Å². The normalized spacial score (nSPS) is 10.8. The van der Waals surface area contributed by atoms with Crippen LogP contribution in [0.3, 0.4) is 0 Å². The van der Waals surface area contributed by atoms with Gasteiger partial charge in [-0.3, -0.25) is 14.9 Å². The first-order valence-electron chi connectivity index (χ1n) is 9.91. The summed E-state index contributed by atoms with van der Waals surface area (Å²) in [6.07, 6.45) is 3.94. The number of nitro groups is 1. The lowest BCUT2D eigenvalue weighted by Crippen LogP contribution is -2.26. The van der Waals surface area contributed by atoms with E-state index in [1.807, 2.05) is 0 Å². The Hall–Kier alpha value is -3.55. The predicted molar refractivity (Wildman–Crippen MR) is 112 cm³/mol. The summed E-state index contributed by atoms with van der Waals surface area (Å²) in [5, 5.41) is 15.9. The van der Waals surface area contributed by atoms with Gasteiger partial charge in [-0.2, -0.15) is 5.10 Å². The topological polar surface area (TPSA) is 104 Å². The van der Waals surface area contributed by atoms with Crippen LogP contribution in [0.5, 0.6) is 0 Å². The maximum atomic E-state index is 12.7. The summed E-state index contributed by atoms with van der Waals surface area (Å²) in [6.45, 7) is 2.49. The summed E-state index contributed by atoms with van der Waals surface area (Å²) in [5.41, 5.74) is 0.440. The van der Waals surface area contributed by atoms with Crippen molar-refractivity contribution in [2.45, 2.75) is 45.8 Å². The van der Waals surface area contributed by atoms with Crippen LogP contribution in [-0.2, 0) is 17.9 Å². The smallest absolute Gasteiger partial charge is 0.359 e. The van der Waals surface area contributed by atoms with Crippen molar-refractivity contribution in [1.82, 2.24) is 9.78 Å². The Morgan fingerprint density at radius 3 is 2.43 bits per heavy atom. The molecule has 0 spiro atoms. The minimum absolute atomic E-state index is 0.0344. The van der Waals surface area contributed by atoms with Crippen LogP contribution in [-0.4, -0.2) is 20.7 Å². The molecule has 0 aliphatic carbocycles. The number of nitrogens with zero attached hydrogens (tertiary/aromatic N) is 3. The number of esters is 1. The van der Waals surface area contributed by atoms with E-state index in [1.165, 1.54) is 28.9 Å². The number of nitro benzene ring substituents is 1. The molecule has 0 radical (unpaired) electrons. The third-order valence-corrected chi connectivity index (χ3v) is 4.80. The standard InChI is InChI=1S/C22H23N3O5/c1-2-3-4-7-14-24-21(26)19-9-6-5-8-18(19)20(23-24)22(27)30-15-16-10-12-17(13-11-16)25(28)29/h5-6,8-13H,2-4,7,14-15H2,1H3. The molecule has 0 saturated carbocycles. The summed E-state index contributed by atoms with van der Waals surface area (Å²) in [6, 6.07) is 12.6. The number of aryl methyl sites for hydroxylation is 1. The van der Waals surface area contributed by atoms with Gasteiger partial charge in [-0.05, 0) is 30.2 Å². The van der Waals surface area contributed by atoms with Crippen molar-refractivity contribution in [3.8, 4) is 0 Å². The van der Waals surface area contributed by atoms with Gasteiger partial charge in [-0.1, -0.05) is 44.4 Å². The van der Waals surface area contributed by atoms with E-state index in [0.717, 1.165) is 25.7 Å².